The van der Waals surface area contributed by atoms with E-state index in [0.717, 1.165) is 42.6 Å². The van der Waals surface area contributed by atoms with Gasteiger partial charge in [-0.15, -0.1) is 11.3 Å². The Hall–Kier alpha value is -1.79. The fourth-order valence-electron chi connectivity index (χ4n) is 3.82. The highest BCUT2D eigenvalue weighted by atomic mass is 32.1. The van der Waals surface area contributed by atoms with Crippen LogP contribution in [0.15, 0.2) is 29.8 Å². The third-order valence-electron chi connectivity index (χ3n) is 5.13. The van der Waals surface area contributed by atoms with Crippen LogP contribution in [0.3, 0.4) is 0 Å². The van der Waals surface area contributed by atoms with E-state index in [0.29, 0.717) is 18.3 Å². The topological polar surface area (TPSA) is 49.3 Å². The molecule has 2 aromatic rings. The molecular weight excluding hydrogens is 320 g/mol. The molecule has 24 heavy (non-hydrogen) atoms. The predicted octanol–water partition coefficient (Wildman–Crippen LogP) is 2.16. The Kier molecular flexibility index (Phi) is 4.33. The van der Waals surface area contributed by atoms with Crippen molar-refractivity contribution in [2.45, 2.75) is 12.8 Å². The van der Waals surface area contributed by atoms with E-state index in [1.165, 1.54) is 6.42 Å². The fourth-order valence-corrected chi connectivity index (χ4v) is 4.61. The lowest BCUT2D eigenvalue weighted by molar-refractivity contribution is -0.129. The van der Waals surface area contributed by atoms with Crippen LogP contribution in [0.4, 0.5) is 0 Å². The number of carbonyl (C=O) groups is 1. The van der Waals surface area contributed by atoms with Gasteiger partial charge < -0.3 is 9.80 Å². The lowest BCUT2D eigenvalue weighted by Gasteiger charge is -2.31. The minimum absolute atomic E-state index is 0.213. The molecule has 4 heterocycles. The molecule has 5 nitrogen and oxygen atoms in total. The predicted molar refractivity (Wildman–Crippen MR) is 94.7 cm³/mol. The molecule has 0 radical (unpaired) electrons. The van der Waals surface area contributed by atoms with Gasteiger partial charge in [-0.3, -0.25) is 9.78 Å². The van der Waals surface area contributed by atoms with Gasteiger partial charge in [0.25, 0.3) is 0 Å². The second-order valence-corrected chi connectivity index (χ2v) is 7.76. The number of fused-ring (bicyclic) bond motifs is 1. The largest absolute Gasteiger partial charge is 0.342 e. The summed E-state index contributed by atoms with van der Waals surface area (Å²) in [6, 6.07) is 5.80. The van der Waals surface area contributed by atoms with Gasteiger partial charge in [-0.05, 0) is 44.0 Å². The normalized spacial score (nSPS) is 24.1. The van der Waals surface area contributed by atoms with E-state index in [4.69, 9.17) is 0 Å². The number of rotatable bonds is 3. The van der Waals surface area contributed by atoms with Crippen molar-refractivity contribution >= 4 is 17.2 Å². The number of pyridine rings is 1. The molecule has 0 N–H and O–H groups in total. The molecule has 2 aromatic heterocycles. The summed E-state index contributed by atoms with van der Waals surface area (Å²) < 4.78 is 0. The van der Waals surface area contributed by atoms with Gasteiger partial charge in [-0.2, -0.15) is 0 Å². The van der Waals surface area contributed by atoms with Crippen LogP contribution >= 0.6 is 11.3 Å². The minimum Gasteiger partial charge on any atom is -0.342 e. The van der Waals surface area contributed by atoms with E-state index >= 15 is 0 Å². The summed E-state index contributed by atoms with van der Waals surface area (Å²) in [6.07, 6.45) is 3.38. The van der Waals surface area contributed by atoms with Gasteiger partial charge in [0, 0.05) is 31.2 Å². The Balaban J connectivity index is 1.39. The zero-order chi connectivity index (χ0) is 16.5. The molecule has 0 unspecified atom stereocenters. The van der Waals surface area contributed by atoms with Gasteiger partial charge in [-0.25, -0.2) is 4.98 Å². The van der Waals surface area contributed by atoms with Gasteiger partial charge in [0.1, 0.15) is 5.01 Å². The molecule has 2 aliphatic rings. The van der Waals surface area contributed by atoms with Crippen LogP contribution < -0.4 is 0 Å². The number of hydrogen-bond acceptors (Lipinski definition) is 5. The van der Waals surface area contributed by atoms with Crippen LogP contribution in [0.1, 0.15) is 12.1 Å². The van der Waals surface area contributed by atoms with E-state index in [1.54, 1.807) is 17.5 Å². The molecule has 2 aliphatic heterocycles. The molecule has 0 saturated carbocycles. The van der Waals surface area contributed by atoms with Crippen molar-refractivity contribution in [3.8, 4) is 10.7 Å². The molecule has 1 amide bonds. The van der Waals surface area contributed by atoms with Gasteiger partial charge in [0.15, 0.2) is 0 Å². The first kappa shape index (κ1) is 15.7. The van der Waals surface area contributed by atoms with Gasteiger partial charge in [0.05, 0.1) is 17.8 Å². The maximum Gasteiger partial charge on any atom is 0.228 e. The lowest BCUT2D eigenvalue weighted by Crippen LogP contribution is -2.37. The Morgan fingerprint density at radius 2 is 2.17 bits per heavy atom. The quantitative estimate of drug-likeness (QED) is 0.858. The highest BCUT2D eigenvalue weighted by molar-refractivity contribution is 7.13. The lowest BCUT2D eigenvalue weighted by atomic mass is 9.89. The molecule has 0 aliphatic carbocycles. The Morgan fingerprint density at radius 3 is 3.00 bits per heavy atom. The molecule has 4 rings (SSSR count). The van der Waals surface area contributed by atoms with E-state index in [9.17, 15) is 4.79 Å². The highest BCUT2D eigenvalue weighted by Gasteiger charge is 2.37. The first-order valence-electron chi connectivity index (χ1n) is 8.51. The number of hydrogen-bond donors (Lipinski definition) is 0. The summed E-state index contributed by atoms with van der Waals surface area (Å²) in [6.45, 7) is 4.11. The zero-order valence-electron chi connectivity index (χ0n) is 13.9. The highest BCUT2D eigenvalue weighted by Crippen LogP contribution is 2.31. The fraction of sp³-hybridized carbons (Fsp3) is 0.500. The van der Waals surface area contributed by atoms with Gasteiger partial charge >= 0.3 is 0 Å². The summed E-state index contributed by atoms with van der Waals surface area (Å²) in [7, 11) is 2.18. The number of amides is 1. The number of piperidine rings is 1. The molecule has 0 aromatic carbocycles. The van der Waals surface area contributed by atoms with Crippen molar-refractivity contribution in [2.75, 3.05) is 33.2 Å². The van der Waals surface area contributed by atoms with E-state index in [1.807, 2.05) is 28.5 Å². The van der Waals surface area contributed by atoms with Crippen LogP contribution in [0.2, 0.25) is 0 Å². The van der Waals surface area contributed by atoms with Crippen molar-refractivity contribution in [2.24, 2.45) is 11.8 Å². The van der Waals surface area contributed by atoms with Crippen LogP contribution in [0.25, 0.3) is 10.7 Å². The monoisotopic (exact) mass is 342 g/mol. The van der Waals surface area contributed by atoms with Crippen LogP contribution in [0, 0.1) is 11.8 Å². The maximum atomic E-state index is 12.6. The number of carbonyl (C=O) groups excluding carboxylic acids is 1. The summed E-state index contributed by atoms with van der Waals surface area (Å²) in [5.41, 5.74) is 1.73. The van der Waals surface area contributed by atoms with E-state index < -0.39 is 0 Å². The second-order valence-electron chi connectivity index (χ2n) is 6.91. The third-order valence-corrected chi connectivity index (χ3v) is 6.04. The summed E-state index contributed by atoms with van der Waals surface area (Å²) in [4.78, 5) is 26.0. The number of aromatic nitrogens is 2. The zero-order valence-corrected chi connectivity index (χ0v) is 14.7. The van der Waals surface area contributed by atoms with Crippen molar-refractivity contribution in [3.05, 3.63) is 35.5 Å². The average molecular weight is 342 g/mol. The molecule has 0 spiro atoms. The third kappa shape index (κ3) is 3.21. The first-order chi connectivity index (χ1) is 11.7. The molecule has 6 heteroatoms. The Morgan fingerprint density at radius 1 is 1.29 bits per heavy atom. The number of likely N-dealkylation sites (tertiary alicyclic amines) is 2. The van der Waals surface area contributed by atoms with Crippen LogP contribution in [0.5, 0.6) is 0 Å². The first-order valence-corrected chi connectivity index (χ1v) is 9.39. The van der Waals surface area contributed by atoms with Crippen molar-refractivity contribution in [1.29, 1.82) is 0 Å². The van der Waals surface area contributed by atoms with Gasteiger partial charge in [0.2, 0.25) is 5.91 Å². The number of thiazole rings is 1. The molecule has 126 valence electrons. The summed E-state index contributed by atoms with van der Waals surface area (Å²) in [5.74, 6) is 1.54. The maximum absolute atomic E-state index is 12.6. The van der Waals surface area contributed by atoms with Crippen molar-refractivity contribution in [1.82, 2.24) is 19.8 Å². The minimum atomic E-state index is 0.213. The molecule has 2 fully saturated rings. The second kappa shape index (κ2) is 6.61. The van der Waals surface area contributed by atoms with Crippen molar-refractivity contribution < 1.29 is 4.79 Å². The average Bonchev–Trinajstić information content (AvgIpc) is 3.22. The standard InChI is InChI=1S/C18H22N4OS/c1-21-7-5-13-10-22(11-14(13)9-21)17(23)8-15-12-24-18(20-15)16-4-2-3-6-19-16/h2-4,6,12-14H,5,7-11H2,1H3/t13-,14+/m0/s1. The van der Waals surface area contributed by atoms with Crippen LogP contribution in [-0.2, 0) is 11.2 Å². The smallest absolute Gasteiger partial charge is 0.228 e. The Bertz CT molecular complexity index is 717. The molecule has 2 atom stereocenters. The molecule has 0 bridgehead atoms. The summed E-state index contributed by atoms with van der Waals surface area (Å²) in [5, 5.41) is 2.87. The van der Waals surface area contributed by atoms with Gasteiger partial charge in [-0.1, -0.05) is 6.07 Å². The SMILES string of the molecule is CN1CC[C@H]2CN(C(=O)Cc3csc(-c4ccccn4)n3)C[C@H]2C1. The number of nitrogens with zero attached hydrogens (tertiary/aromatic N) is 4. The summed E-state index contributed by atoms with van der Waals surface area (Å²) >= 11 is 1.56. The van der Waals surface area contributed by atoms with E-state index in [2.05, 4.69) is 21.9 Å². The Labute approximate surface area is 146 Å². The van der Waals surface area contributed by atoms with E-state index in [-0.39, 0.29) is 5.91 Å². The van der Waals surface area contributed by atoms with Crippen molar-refractivity contribution in [3.63, 3.8) is 0 Å². The molecular formula is C18H22N4OS. The molecule has 2 saturated heterocycles. The van der Waals surface area contributed by atoms with Crippen LogP contribution in [-0.4, -0.2) is 58.9 Å².